The summed E-state index contributed by atoms with van der Waals surface area (Å²) in [6, 6.07) is 16.1. The highest BCUT2D eigenvalue weighted by Crippen LogP contribution is 2.33. The minimum Gasteiger partial charge on any atom is -0.346 e. The maximum Gasteiger partial charge on any atom is 0.326 e. The highest BCUT2D eigenvalue weighted by Gasteiger charge is 2.26. The van der Waals surface area contributed by atoms with E-state index < -0.39 is 0 Å². The second-order valence-electron chi connectivity index (χ2n) is 11.0. The molecule has 3 aromatic heterocycles. The van der Waals surface area contributed by atoms with Crippen LogP contribution in [-0.2, 0) is 0 Å². The average molecular weight is 523 g/mol. The predicted molar refractivity (Wildman–Crippen MR) is 156 cm³/mol. The molecular formula is C31H34N6O2. The number of carbonyl (C=O) groups is 1. The van der Waals surface area contributed by atoms with Crippen LogP contribution in [0.3, 0.4) is 0 Å². The summed E-state index contributed by atoms with van der Waals surface area (Å²) in [6.07, 6.45) is 6.02. The lowest BCUT2D eigenvalue weighted by molar-refractivity contribution is 0.0827. The van der Waals surface area contributed by atoms with Gasteiger partial charge in [-0.1, -0.05) is 18.2 Å². The molecule has 39 heavy (non-hydrogen) atoms. The van der Waals surface area contributed by atoms with Crippen molar-refractivity contribution in [2.75, 3.05) is 34.2 Å². The first-order chi connectivity index (χ1) is 18.8. The molecule has 1 aliphatic rings. The average Bonchev–Trinajstić information content (AvgIpc) is 3.52. The Labute approximate surface area is 227 Å². The van der Waals surface area contributed by atoms with E-state index >= 15 is 0 Å². The van der Waals surface area contributed by atoms with Gasteiger partial charge in [0.25, 0.3) is 5.91 Å². The molecule has 8 heteroatoms. The van der Waals surface area contributed by atoms with Gasteiger partial charge in [0.2, 0.25) is 0 Å². The van der Waals surface area contributed by atoms with Crippen LogP contribution < -0.4 is 5.69 Å². The first kappa shape index (κ1) is 25.1. The Morgan fingerprint density at radius 2 is 1.74 bits per heavy atom. The quantitative estimate of drug-likeness (QED) is 0.334. The van der Waals surface area contributed by atoms with E-state index in [0.717, 1.165) is 70.3 Å². The molecule has 0 saturated carbocycles. The molecule has 8 nitrogen and oxygen atoms in total. The molecular weight excluding hydrogens is 488 g/mol. The highest BCUT2D eigenvalue weighted by atomic mass is 16.2. The Kier molecular flexibility index (Phi) is 6.35. The number of hydrogen-bond donors (Lipinski definition) is 2. The first-order valence-corrected chi connectivity index (χ1v) is 13.5. The number of pyridine rings is 1. The molecule has 0 aliphatic carbocycles. The van der Waals surface area contributed by atoms with Gasteiger partial charge in [-0.15, -0.1) is 0 Å². The van der Waals surface area contributed by atoms with Gasteiger partial charge in [-0.2, -0.15) is 0 Å². The van der Waals surface area contributed by atoms with Crippen LogP contribution in [0.4, 0.5) is 0 Å². The molecule has 0 bridgehead atoms. The van der Waals surface area contributed by atoms with Crippen LogP contribution in [-0.4, -0.2) is 69.5 Å². The van der Waals surface area contributed by atoms with Crippen LogP contribution in [0.2, 0.25) is 0 Å². The number of H-pyrrole nitrogens is 2. The molecule has 6 rings (SSSR count). The van der Waals surface area contributed by atoms with Crippen LogP contribution in [0.1, 0.15) is 36.2 Å². The fourth-order valence-corrected chi connectivity index (χ4v) is 5.89. The summed E-state index contributed by atoms with van der Waals surface area (Å²) in [7, 11) is 5.66. The summed E-state index contributed by atoms with van der Waals surface area (Å²) < 4.78 is 1.94. The fraction of sp³-hybridized carbons (Fsp3) is 0.323. The molecule has 200 valence electrons. The van der Waals surface area contributed by atoms with Crippen molar-refractivity contribution in [1.82, 2.24) is 29.3 Å². The van der Waals surface area contributed by atoms with Crippen molar-refractivity contribution < 1.29 is 4.79 Å². The van der Waals surface area contributed by atoms with Gasteiger partial charge >= 0.3 is 5.69 Å². The van der Waals surface area contributed by atoms with Gasteiger partial charge in [0.1, 0.15) is 5.65 Å². The van der Waals surface area contributed by atoms with Crippen molar-refractivity contribution in [2.45, 2.75) is 25.8 Å². The van der Waals surface area contributed by atoms with Gasteiger partial charge in [-0.3, -0.25) is 9.36 Å². The van der Waals surface area contributed by atoms with Crippen molar-refractivity contribution in [1.29, 1.82) is 0 Å². The van der Waals surface area contributed by atoms with E-state index in [-0.39, 0.29) is 17.6 Å². The number of carbonyl (C=O) groups excluding carboxylic acids is 1. The number of likely N-dealkylation sites (tertiary alicyclic amines) is 1. The molecule has 0 radical (unpaired) electrons. The number of aromatic nitrogens is 4. The molecule has 1 saturated heterocycles. The smallest absolute Gasteiger partial charge is 0.326 e. The van der Waals surface area contributed by atoms with Crippen molar-refractivity contribution in [2.24, 2.45) is 5.92 Å². The van der Waals surface area contributed by atoms with Crippen molar-refractivity contribution in [3.63, 3.8) is 0 Å². The number of amides is 1. The Hall–Kier alpha value is -4.17. The lowest BCUT2D eigenvalue weighted by Gasteiger charge is -2.33. The third-order valence-electron chi connectivity index (χ3n) is 8.28. The molecule has 1 amide bonds. The normalized spacial score (nSPS) is 15.7. The number of hydrogen-bond acceptors (Lipinski definition) is 4. The van der Waals surface area contributed by atoms with E-state index in [2.05, 4.69) is 52.0 Å². The van der Waals surface area contributed by atoms with E-state index in [4.69, 9.17) is 0 Å². The molecule has 1 aliphatic heterocycles. The minimum atomic E-state index is -0.0497. The maximum absolute atomic E-state index is 13.0. The monoisotopic (exact) mass is 522 g/mol. The van der Waals surface area contributed by atoms with Gasteiger partial charge in [0.05, 0.1) is 11.0 Å². The largest absolute Gasteiger partial charge is 0.346 e. The van der Waals surface area contributed by atoms with Crippen molar-refractivity contribution in [3.8, 4) is 22.3 Å². The van der Waals surface area contributed by atoms with E-state index in [1.807, 2.05) is 47.3 Å². The maximum atomic E-state index is 13.0. The van der Waals surface area contributed by atoms with Gasteiger partial charge < -0.3 is 19.8 Å². The molecule has 4 heterocycles. The van der Waals surface area contributed by atoms with E-state index in [0.29, 0.717) is 11.5 Å². The Morgan fingerprint density at radius 3 is 2.46 bits per heavy atom. The van der Waals surface area contributed by atoms with Gasteiger partial charge in [0, 0.05) is 54.6 Å². The molecule has 0 spiro atoms. The molecule has 1 atom stereocenters. The molecule has 5 aromatic rings. The van der Waals surface area contributed by atoms with Gasteiger partial charge in [-0.05, 0) is 87.3 Å². The highest BCUT2D eigenvalue weighted by molar-refractivity contribution is 5.98. The Bertz CT molecular complexity index is 1720. The zero-order valence-corrected chi connectivity index (χ0v) is 22.9. The molecule has 2 N–H and O–H groups in total. The standard InChI is InChI=1S/C31H34N6O2/c1-19(20-11-13-36(4)14-12-20)37-28-10-9-23(16-27(28)34-31(37)39)24-15-25-26(18-33-29(25)32-17-24)21-5-7-22(8-6-21)30(38)35(2)3/h5-10,15-20H,11-14H2,1-4H3,(H,32,33)(H,34,39). The predicted octanol–water partition coefficient (Wildman–Crippen LogP) is 5.14. The van der Waals surface area contributed by atoms with Gasteiger partial charge in [0.15, 0.2) is 0 Å². The number of benzene rings is 2. The number of nitrogens with one attached hydrogen (secondary N) is 2. The Balaban J connectivity index is 1.33. The van der Waals surface area contributed by atoms with Crippen molar-refractivity contribution >= 4 is 28.0 Å². The van der Waals surface area contributed by atoms with Crippen LogP contribution in [0, 0.1) is 5.92 Å². The second kappa shape index (κ2) is 9.85. The number of imidazole rings is 1. The zero-order chi connectivity index (χ0) is 27.3. The summed E-state index contributed by atoms with van der Waals surface area (Å²) in [5.41, 5.74) is 7.19. The lowest BCUT2D eigenvalue weighted by atomic mass is 9.90. The van der Waals surface area contributed by atoms with E-state index in [9.17, 15) is 9.59 Å². The van der Waals surface area contributed by atoms with Crippen LogP contribution in [0.25, 0.3) is 44.3 Å². The van der Waals surface area contributed by atoms with Crippen molar-refractivity contribution in [3.05, 3.63) is 77.0 Å². The Morgan fingerprint density at radius 1 is 1.03 bits per heavy atom. The number of aromatic amines is 2. The third-order valence-corrected chi connectivity index (χ3v) is 8.28. The first-order valence-electron chi connectivity index (χ1n) is 13.5. The number of rotatable bonds is 5. The summed E-state index contributed by atoms with van der Waals surface area (Å²) in [4.78, 5) is 40.3. The number of nitrogens with zero attached hydrogens (tertiary/aromatic N) is 4. The molecule has 1 unspecified atom stereocenters. The summed E-state index contributed by atoms with van der Waals surface area (Å²) in [5, 5.41) is 1.00. The molecule has 2 aromatic carbocycles. The minimum absolute atomic E-state index is 0.0209. The SMILES string of the molecule is CC(C1CCN(C)CC1)n1c(=O)[nH]c2cc(-c3cnc4[nH]cc(-c5ccc(C(=O)N(C)C)cc5)c4c3)ccc21. The zero-order valence-electron chi connectivity index (χ0n) is 22.9. The van der Waals surface area contributed by atoms with E-state index in [1.54, 1.807) is 19.0 Å². The fourth-order valence-electron chi connectivity index (χ4n) is 5.89. The lowest BCUT2D eigenvalue weighted by Crippen LogP contribution is -2.35. The summed E-state index contributed by atoms with van der Waals surface area (Å²) in [6.45, 7) is 4.32. The van der Waals surface area contributed by atoms with Crippen LogP contribution in [0.15, 0.2) is 65.7 Å². The second-order valence-corrected chi connectivity index (χ2v) is 11.0. The number of piperidine rings is 1. The van der Waals surface area contributed by atoms with Crippen LogP contribution in [0.5, 0.6) is 0 Å². The van der Waals surface area contributed by atoms with Crippen LogP contribution >= 0.6 is 0 Å². The van der Waals surface area contributed by atoms with Gasteiger partial charge in [-0.25, -0.2) is 9.78 Å². The number of fused-ring (bicyclic) bond motifs is 2. The third kappa shape index (κ3) is 4.55. The topological polar surface area (TPSA) is 90.0 Å². The molecule has 1 fully saturated rings. The summed E-state index contributed by atoms with van der Waals surface area (Å²) in [5.74, 6) is 0.471. The summed E-state index contributed by atoms with van der Waals surface area (Å²) >= 11 is 0. The van der Waals surface area contributed by atoms with E-state index in [1.165, 1.54) is 0 Å².